The summed E-state index contributed by atoms with van der Waals surface area (Å²) >= 11 is 0. The molecule has 2 aromatic heterocycles. The van der Waals surface area contributed by atoms with Gasteiger partial charge in [-0.15, -0.1) is 12.4 Å². The molecule has 3 rings (SSSR count). The van der Waals surface area contributed by atoms with Gasteiger partial charge >= 0.3 is 0 Å². The molecule has 0 saturated carbocycles. The molecule has 1 N–H and O–H groups in total. The first kappa shape index (κ1) is 17.5. The van der Waals surface area contributed by atoms with E-state index in [4.69, 9.17) is 8.94 Å². The third-order valence-corrected chi connectivity index (χ3v) is 3.81. The number of hydrogen-bond acceptors (Lipinski definition) is 6. The molecule has 23 heavy (non-hydrogen) atoms. The highest BCUT2D eigenvalue weighted by Crippen LogP contribution is 2.16. The minimum absolute atomic E-state index is 0. The minimum atomic E-state index is -0.643. The largest absolute Gasteiger partial charge is 0.467 e. The number of nitrogens with zero attached hydrogens (tertiary/aromatic N) is 3. The standard InChI is InChI=1S/C15H19N3O4.ClH/c1-11-9-12(16-22-11)15(20)18-6-4-17(5-7-18)10-13(19)14-3-2-8-21-14;/h2-3,8-9,13,19H,4-7,10H2,1H3;1H. The second kappa shape index (κ2) is 7.63. The number of aliphatic hydroxyl groups excluding tert-OH is 1. The lowest BCUT2D eigenvalue weighted by Gasteiger charge is -2.34. The highest BCUT2D eigenvalue weighted by atomic mass is 35.5. The fourth-order valence-electron chi connectivity index (χ4n) is 2.58. The molecule has 0 radical (unpaired) electrons. The molecule has 0 spiro atoms. The maximum atomic E-state index is 12.2. The van der Waals surface area contributed by atoms with E-state index >= 15 is 0 Å². The maximum Gasteiger partial charge on any atom is 0.276 e. The highest BCUT2D eigenvalue weighted by molar-refractivity contribution is 5.92. The summed E-state index contributed by atoms with van der Waals surface area (Å²) in [5, 5.41) is 13.8. The summed E-state index contributed by atoms with van der Waals surface area (Å²) in [6.07, 6.45) is 0.908. The summed E-state index contributed by atoms with van der Waals surface area (Å²) < 4.78 is 10.1. The summed E-state index contributed by atoms with van der Waals surface area (Å²) in [5.74, 6) is 1.09. The molecule has 2 aromatic rings. The molecule has 0 aliphatic carbocycles. The van der Waals surface area contributed by atoms with Gasteiger partial charge in [0, 0.05) is 38.8 Å². The van der Waals surface area contributed by atoms with Gasteiger partial charge in [-0.05, 0) is 19.1 Å². The fraction of sp³-hybridized carbons (Fsp3) is 0.467. The first-order valence-corrected chi connectivity index (χ1v) is 7.30. The number of rotatable bonds is 4. The molecule has 0 aromatic carbocycles. The average molecular weight is 342 g/mol. The lowest BCUT2D eigenvalue weighted by atomic mass is 10.2. The van der Waals surface area contributed by atoms with Crippen molar-refractivity contribution in [1.82, 2.24) is 15.0 Å². The zero-order valence-electron chi connectivity index (χ0n) is 12.8. The number of aromatic nitrogens is 1. The first-order chi connectivity index (χ1) is 10.6. The van der Waals surface area contributed by atoms with E-state index in [1.807, 2.05) is 0 Å². The molecule has 1 fully saturated rings. The lowest BCUT2D eigenvalue weighted by molar-refractivity contribution is 0.0479. The van der Waals surface area contributed by atoms with Gasteiger partial charge in [0.1, 0.15) is 17.6 Å². The van der Waals surface area contributed by atoms with Crippen molar-refractivity contribution in [2.24, 2.45) is 0 Å². The molecule has 1 amide bonds. The molecule has 3 heterocycles. The topological polar surface area (TPSA) is 83.0 Å². The number of aryl methyl sites for hydroxylation is 1. The van der Waals surface area contributed by atoms with Crippen LogP contribution in [0, 0.1) is 6.92 Å². The van der Waals surface area contributed by atoms with Crippen LogP contribution in [0.2, 0.25) is 0 Å². The van der Waals surface area contributed by atoms with E-state index in [-0.39, 0.29) is 18.3 Å². The Balaban J connectivity index is 0.00000192. The molecule has 7 nitrogen and oxygen atoms in total. The predicted octanol–water partition coefficient (Wildman–Crippen LogP) is 1.49. The second-order valence-corrected chi connectivity index (χ2v) is 5.45. The van der Waals surface area contributed by atoms with Gasteiger partial charge in [0.25, 0.3) is 5.91 Å². The molecule has 0 bridgehead atoms. The Bertz CT molecular complexity index is 620. The van der Waals surface area contributed by atoms with Crippen LogP contribution < -0.4 is 0 Å². The van der Waals surface area contributed by atoms with Crippen LogP contribution in [-0.4, -0.2) is 58.7 Å². The van der Waals surface area contributed by atoms with Gasteiger partial charge in [-0.1, -0.05) is 5.16 Å². The quantitative estimate of drug-likeness (QED) is 0.907. The van der Waals surface area contributed by atoms with E-state index in [0.29, 0.717) is 49.9 Å². The number of aliphatic hydroxyl groups is 1. The van der Waals surface area contributed by atoms with E-state index in [0.717, 1.165) is 0 Å². The summed E-state index contributed by atoms with van der Waals surface area (Å²) in [6, 6.07) is 5.17. The number of β-amino-alcohol motifs (C(OH)–C–C–N with tert-alkyl or cyclic N) is 1. The van der Waals surface area contributed by atoms with Crippen LogP contribution in [0.25, 0.3) is 0 Å². The van der Waals surface area contributed by atoms with Gasteiger partial charge < -0.3 is 18.9 Å². The van der Waals surface area contributed by atoms with Gasteiger partial charge in [-0.2, -0.15) is 0 Å². The van der Waals surface area contributed by atoms with Crippen molar-refractivity contribution in [3.8, 4) is 0 Å². The zero-order chi connectivity index (χ0) is 15.5. The predicted molar refractivity (Wildman–Crippen MR) is 84.5 cm³/mol. The Morgan fingerprint density at radius 3 is 2.70 bits per heavy atom. The van der Waals surface area contributed by atoms with Gasteiger partial charge in [0.15, 0.2) is 5.69 Å². The number of carbonyl (C=O) groups is 1. The number of piperazine rings is 1. The van der Waals surface area contributed by atoms with Gasteiger partial charge in [0.05, 0.1) is 6.26 Å². The molecule has 1 aliphatic rings. The van der Waals surface area contributed by atoms with Gasteiger partial charge in [-0.3, -0.25) is 9.69 Å². The monoisotopic (exact) mass is 341 g/mol. The van der Waals surface area contributed by atoms with E-state index in [1.54, 1.807) is 36.3 Å². The Morgan fingerprint density at radius 2 is 2.13 bits per heavy atom. The van der Waals surface area contributed by atoms with Crippen LogP contribution in [0.4, 0.5) is 0 Å². The van der Waals surface area contributed by atoms with Crippen molar-refractivity contribution in [3.63, 3.8) is 0 Å². The molecule has 1 atom stereocenters. The zero-order valence-corrected chi connectivity index (χ0v) is 13.7. The second-order valence-electron chi connectivity index (χ2n) is 5.45. The summed E-state index contributed by atoms with van der Waals surface area (Å²) in [6.45, 7) is 4.89. The van der Waals surface area contributed by atoms with Crippen LogP contribution in [0.15, 0.2) is 33.4 Å². The third-order valence-electron chi connectivity index (χ3n) is 3.81. The van der Waals surface area contributed by atoms with Crippen LogP contribution in [0.3, 0.4) is 0 Å². The number of carbonyl (C=O) groups excluding carboxylic acids is 1. The molecular formula is C15H20ClN3O4. The highest BCUT2D eigenvalue weighted by Gasteiger charge is 2.25. The number of halogens is 1. The van der Waals surface area contributed by atoms with Crippen molar-refractivity contribution < 1.29 is 18.8 Å². The van der Waals surface area contributed by atoms with E-state index in [2.05, 4.69) is 10.1 Å². The third kappa shape index (κ3) is 4.13. The van der Waals surface area contributed by atoms with Crippen LogP contribution in [-0.2, 0) is 0 Å². The smallest absolute Gasteiger partial charge is 0.276 e. The Morgan fingerprint density at radius 1 is 1.39 bits per heavy atom. The summed E-state index contributed by atoms with van der Waals surface area (Å²) in [4.78, 5) is 16.1. The fourth-order valence-corrected chi connectivity index (χ4v) is 2.58. The van der Waals surface area contributed by atoms with E-state index < -0.39 is 6.10 Å². The Labute approximate surface area is 140 Å². The van der Waals surface area contributed by atoms with Crippen molar-refractivity contribution in [2.45, 2.75) is 13.0 Å². The average Bonchev–Trinajstić information content (AvgIpc) is 3.18. The van der Waals surface area contributed by atoms with Gasteiger partial charge in [-0.25, -0.2) is 0 Å². The van der Waals surface area contributed by atoms with Crippen molar-refractivity contribution >= 4 is 18.3 Å². The van der Waals surface area contributed by atoms with Crippen molar-refractivity contribution in [1.29, 1.82) is 0 Å². The number of amides is 1. The Hall–Kier alpha value is -1.83. The molecule has 1 saturated heterocycles. The van der Waals surface area contributed by atoms with E-state index in [1.165, 1.54) is 0 Å². The van der Waals surface area contributed by atoms with Crippen molar-refractivity contribution in [3.05, 3.63) is 41.7 Å². The lowest BCUT2D eigenvalue weighted by Crippen LogP contribution is -2.49. The molecule has 1 unspecified atom stereocenters. The normalized spacial score (nSPS) is 16.9. The SMILES string of the molecule is Cc1cc(C(=O)N2CCN(CC(O)c3ccco3)CC2)no1.Cl. The van der Waals surface area contributed by atoms with Crippen LogP contribution in [0.1, 0.15) is 28.1 Å². The molecular weight excluding hydrogens is 322 g/mol. The van der Waals surface area contributed by atoms with E-state index in [9.17, 15) is 9.90 Å². The van der Waals surface area contributed by atoms with Crippen molar-refractivity contribution in [2.75, 3.05) is 32.7 Å². The summed E-state index contributed by atoms with van der Waals surface area (Å²) in [7, 11) is 0. The Kier molecular flexibility index (Phi) is 5.81. The number of furan rings is 1. The maximum absolute atomic E-state index is 12.2. The minimum Gasteiger partial charge on any atom is -0.467 e. The van der Waals surface area contributed by atoms with Gasteiger partial charge in [0.2, 0.25) is 0 Å². The van der Waals surface area contributed by atoms with Crippen LogP contribution >= 0.6 is 12.4 Å². The van der Waals surface area contributed by atoms with Crippen LogP contribution in [0.5, 0.6) is 0 Å². The number of hydrogen-bond donors (Lipinski definition) is 1. The molecule has 126 valence electrons. The first-order valence-electron chi connectivity index (χ1n) is 7.30. The summed E-state index contributed by atoms with van der Waals surface area (Å²) in [5.41, 5.74) is 0.349. The molecule has 8 heteroatoms. The molecule has 1 aliphatic heterocycles.